The predicted octanol–water partition coefficient (Wildman–Crippen LogP) is 5.77. The minimum absolute atomic E-state index is 0.0227. The molecule has 4 rings (SSSR count). The Labute approximate surface area is 265 Å². The molecule has 8 nitrogen and oxygen atoms in total. The molecule has 0 aromatic carbocycles. The van der Waals surface area contributed by atoms with Gasteiger partial charge < -0.3 is 19.1 Å². The predicted molar refractivity (Wildman–Crippen MR) is 174 cm³/mol. The van der Waals surface area contributed by atoms with E-state index in [9.17, 15) is 29.4 Å². The molecule has 6 atom stereocenters. The molecule has 0 saturated heterocycles. The third-order valence-corrected chi connectivity index (χ3v) is 20.9. The van der Waals surface area contributed by atoms with Crippen LogP contribution in [0.2, 0.25) is 36.3 Å². The molecule has 4 aliphatic carbocycles. The van der Waals surface area contributed by atoms with E-state index in [4.69, 9.17) is 8.85 Å². The number of rotatable bonds is 7. The summed E-state index contributed by atoms with van der Waals surface area (Å²) in [5.41, 5.74) is -2.83. The number of ketones is 4. The molecule has 0 saturated carbocycles. The zero-order chi connectivity index (χ0) is 33.6. The molecule has 0 aliphatic heterocycles. The minimum atomic E-state index is -2.62. The Hall–Kier alpha value is -1.57. The maximum atomic E-state index is 14.6. The molecule has 44 heavy (non-hydrogen) atoms. The summed E-state index contributed by atoms with van der Waals surface area (Å²) in [5, 5.41) is 25.1. The molecule has 0 unspecified atom stereocenters. The van der Waals surface area contributed by atoms with Gasteiger partial charge in [-0.15, -0.1) is 0 Å². The molecule has 0 bridgehead atoms. The first-order valence-corrected chi connectivity index (χ1v) is 22.1. The normalized spacial score (nSPS) is 33.9. The van der Waals surface area contributed by atoms with Crippen molar-refractivity contribution in [3.63, 3.8) is 0 Å². The minimum Gasteiger partial charge on any atom is -0.407 e. The zero-order valence-electron chi connectivity index (χ0n) is 28.9. The van der Waals surface area contributed by atoms with Gasteiger partial charge in [-0.1, -0.05) is 55.4 Å². The highest BCUT2D eigenvalue weighted by Gasteiger charge is 2.68. The lowest BCUT2D eigenvalue weighted by Crippen LogP contribution is -2.69. The summed E-state index contributed by atoms with van der Waals surface area (Å²) in [6, 6.07) is 0. The lowest BCUT2D eigenvalue weighted by Gasteiger charge is -2.56. The summed E-state index contributed by atoms with van der Waals surface area (Å²) in [4.78, 5) is 55.9. The van der Waals surface area contributed by atoms with Crippen LogP contribution in [0.1, 0.15) is 93.9 Å². The monoisotopic (exact) mass is 646 g/mol. The first-order chi connectivity index (χ1) is 19.9. The van der Waals surface area contributed by atoms with Gasteiger partial charge in [-0.3, -0.25) is 19.2 Å². The van der Waals surface area contributed by atoms with E-state index in [-0.39, 0.29) is 71.3 Å². The summed E-state index contributed by atoms with van der Waals surface area (Å²) in [5.74, 6) is -4.13. The van der Waals surface area contributed by atoms with Gasteiger partial charge in [0.2, 0.25) is 0 Å². The van der Waals surface area contributed by atoms with E-state index < -0.39 is 63.4 Å². The van der Waals surface area contributed by atoms with Crippen LogP contribution in [0.25, 0.3) is 0 Å². The second-order valence-electron chi connectivity index (χ2n) is 16.5. The Balaban J connectivity index is 1.99. The molecular weight excluding hydrogens is 593 g/mol. The molecule has 0 aromatic heterocycles. The van der Waals surface area contributed by atoms with Crippen LogP contribution in [0, 0.1) is 11.8 Å². The third kappa shape index (κ3) is 5.16. The molecule has 246 valence electrons. The van der Waals surface area contributed by atoms with Crippen LogP contribution in [0.15, 0.2) is 22.3 Å². The van der Waals surface area contributed by atoms with E-state index in [0.717, 1.165) is 0 Å². The number of Topliss-reactive ketones (excluding diaryl/α,β-unsaturated/α-hetero) is 4. The van der Waals surface area contributed by atoms with E-state index in [1.165, 1.54) is 0 Å². The van der Waals surface area contributed by atoms with Crippen molar-refractivity contribution in [1.82, 2.24) is 0 Å². The second-order valence-corrected chi connectivity index (χ2v) is 26.0. The van der Waals surface area contributed by atoms with Crippen LogP contribution in [-0.4, -0.2) is 73.4 Å². The Kier molecular flexibility index (Phi) is 8.83. The second kappa shape index (κ2) is 11.0. The highest BCUT2D eigenvalue weighted by molar-refractivity contribution is 6.74. The number of allylic oxidation sites excluding steroid dienone is 2. The largest absolute Gasteiger partial charge is 0.407 e. The Morgan fingerprint density at radius 1 is 0.636 bits per heavy atom. The van der Waals surface area contributed by atoms with E-state index in [2.05, 4.69) is 41.5 Å². The van der Waals surface area contributed by atoms with Crippen LogP contribution < -0.4 is 0 Å². The van der Waals surface area contributed by atoms with Crippen molar-refractivity contribution < 1.29 is 38.2 Å². The highest BCUT2D eigenvalue weighted by atomic mass is 28.4. The molecule has 0 heterocycles. The van der Waals surface area contributed by atoms with Crippen molar-refractivity contribution in [1.29, 1.82) is 0 Å². The summed E-state index contributed by atoms with van der Waals surface area (Å²) < 4.78 is 13.7. The molecular formula is C34H54O8Si2. The zero-order valence-corrected chi connectivity index (χ0v) is 30.9. The third-order valence-electron chi connectivity index (χ3n) is 12.0. The molecule has 0 amide bonds. The lowest BCUT2D eigenvalue weighted by atomic mass is 9.55. The van der Waals surface area contributed by atoms with E-state index in [1.54, 1.807) is 13.8 Å². The summed E-state index contributed by atoms with van der Waals surface area (Å²) in [6.07, 6.45) is -1.49. The Bertz CT molecular complexity index is 1240. The fraction of sp³-hybridized carbons (Fsp3) is 0.765. The maximum Gasteiger partial charge on any atom is 0.193 e. The summed E-state index contributed by atoms with van der Waals surface area (Å²) in [7, 11) is -5.25. The molecule has 0 radical (unpaired) electrons. The fourth-order valence-corrected chi connectivity index (χ4v) is 9.61. The van der Waals surface area contributed by atoms with Gasteiger partial charge in [0.05, 0.1) is 11.8 Å². The number of hydrogen-bond donors (Lipinski definition) is 2. The Morgan fingerprint density at radius 3 is 1.18 bits per heavy atom. The number of carbonyl (C=O) groups excluding carboxylic acids is 4. The van der Waals surface area contributed by atoms with Crippen LogP contribution in [0.4, 0.5) is 0 Å². The fourth-order valence-electron chi connectivity index (χ4n) is 7.08. The van der Waals surface area contributed by atoms with Gasteiger partial charge in [-0.2, -0.15) is 0 Å². The van der Waals surface area contributed by atoms with Gasteiger partial charge in [-0.05, 0) is 61.9 Å². The average molecular weight is 647 g/mol. The maximum absolute atomic E-state index is 14.6. The van der Waals surface area contributed by atoms with Crippen LogP contribution in [0.3, 0.4) is 0 Å². The standard InChI is InChI=1S/C34H54O8Si2/c1-13-33(39)25(27(37)19-15-17-21(35)23(19)29(33)41-43(9,10)31(3,4)5)26-28(38)20-16-18-22(36)24(20)30(34(26,40)14-2)42-44(11,12)32(6,7)8/h25-26,29-30,39-40H,13-18H2,1-12H3/t25-,26-,29-,30-,33-,34-/m0/s1. The smallest absolute Gasteiger partial charge is 0.193 e. The summed E-state index contributed by atoms with van der Waals surface area (Å²) >= 11 is 0. The van der Waals surface area contributed by atoms with Gasteiger partial charge in [0.1, 0.15) is 23.4 Å². The summed E-state index contributed by atoms with van der Waals surface area (Å²) in [6.45, 7) is 24.0. The van der Waals surface area contributed by atoms with Crippen LogP contribution >= 0.6 is 0 Å². The van der Waals surface area contributed by atoms with Crippen molar-refractivity contribution in [3.8, 4) is 0 Å². The van der Waals surface area contributed by atoms with Crippen molar-refractivity contribution >= 4 is 39.8 Å². The van der Waals surface area contributed by atoms with E-state index >= 15 is 0 Å². The van der Waals surface area contributed by atoms with Gasteiger partial charge in [0, 0.05) is 35.1 Å². The van der Waals surface area contributed by atoms with Gasteiger partial charge >= 0.3 is 0 Å². The Morgan fingerprint density at radius 2 is 0.932 bits per heavy atom. The molecule has 0 spiro atoms. The SMILES string of the molecule is CC[C@]1(O)[C@@H]([C@H]2C(=O)C3=C(C(=O)CC3)[C@H](O[Si](C)(C)C(C)(C)C)[C@]2(O)CC)C(=O)C2=C(C(=O)CC2)[C@@H]1O[Si](C)(C)C(C)(C)C. The van der Waals surface area contributed by atoms with Crippen LogP contribution in [-0.2, 0) is 28.0 Å². The molecule has 10 heteroatoms. The molecule has 2 N–H and O–H groups in total. The first kappa shape index (κ1) is 35.3. The number of hydrogen-bond acceptors (Lipinski definition) is 8. The van der Waals surface area contributed by atoms with Crippen molar-refractivity contribution in [3.05, 3.63) is 22.3 Å². The van der Waals surface area contributed by atoms with E-state index in [1.807, 2.05) is 26.2 Å². The van der Waals surface area contributed by atoms with E-state index in [0.29, 0.717) is 11.1 Å². The van der Waals surface area contributed by atoms with Crippen molar-refractivity contribution in [2.75, 3.05) is 0 Å². The van der Waals surface area contributed by atoms with Crippen LogP contribution in [0.5, 0.6) is 0 Å². The molecule has 0 fully saturated rings. The van der Waals surface area contributed by atoms with Gasteiger partial charge in [-0.25, -0.2) is 0 Å². The number of carbonyl (C=O) groups is 4. The average Bonchev–Trinajstić information content (AvgIpc) is 3.47. The number of aliphatic hydroxyl groups is 2. The quantitative estimate of drug-likeness (QED) is 0.334. The molecule has 0 aromatic rings. The topological polar surface area (TPSA) is 127 Å². The molecule has 4 aliphatic rings. The first-order valence-electron chi connectivity index (χ1n) is 16.3. The van der Waals surface area contributed by atoms with Gasteiger partial charge in [0.15, 0.2) is 39.8 Å². The van der Waals surface area contributed by atoms with Crippen molar-refractivity contribution in [2.45, 2.75) is 154 Å². The van der Waals surface area contributed by atoms with Crippen molar-refractivity contribution in [2.24, 2.45) is 11.8 Å². The highest BCUT2D eigenvalue weighted by Crippen LogP contribution is 2.56. The lowest BCUT2D eigenvalue weighted by molar-refractivity contribution is -0.186. The van der Waals surface area contributed by atoms with Gasteiger partial charge in [0.25, 0.3) is 0 Å².